The van der Waals surface area contributed by atoms with Crippen LogP contribution in [0.15, 0.2) is 261 Å². The molecule has 4 aliphatic rings. The van der Waals surface area contributed by atoms with E-state index in [1.165, 1.54) is 72.3 Å². The molecule has 332 valence electrons. The average molecular weight is 906 g/mol. The van der Waals surface area contributed by atoms with E-state index in [0.717, 1.165) is 56.8 Å². The number of ether oxygens (including phenoxy) is 2. The van der Waals surface area contributed by atoms with Crippen molar-refractivity contribution in [2.45, 2.75) is 10.8 Å². The lowest BCUT2D eigenvalue weighted by Crippen LogP contribution is -2.32. The van der Waals surface area contributed by atoms with Gasteiger partial charge in [-0.1, -0.05) is 200 Å². The Morgan fingerprint density at radius 3 is 1.18 bits per heavy atom. The zero-order chi connectivity index (χ0) is 46.7. The van der Waals surface area contributed by atoms with Crippen LogP contribution in [0.25, 0.3) is 44.5 Å². The minimum Gasteiger partial charge on any atom is -0.457 e. The lowest BCUT2D eigenvalue weighted by Gasteiger charge is -2.39. The molecule has 71 heavy (non-hydrogen) atoms. The van der Waals surface area contributed by atoms with Crippen LogP contribution < -0.4 is 14.4 Å². The fourth-order valence-corrected chi connectivity index (χ4v) is 12.8. The Kier molecular flexibility index (Phi) is 8.49. The van der Waals surface area contributed by atoms with E-state index in [4.69, 9.17) is 9.47 Å². The van der Waals surface area contributed by atoms with E-state index in [-0.39, 0.29) is 0 Å². The van der Waals surface area contributed by atoms with Gasteiger partial charge in [0.25, 0.3) is 0 Å². The molecule has 2 aliphatic carbocycles. The van der Waals surface area contributed by atoms with Crippen molar-refractivity contribution in [3.8, 4) is 67.5 Å². The Hall–Kier alpha value is -9.18. The van der Waals surface area contributed by atoms with Gasteiger partial charge in [0, 0.05) is 39.2 Å². The molecule has 0 saturated heterocycles. The number of fused-ring (bicyclic) bond motifs is 18. The van der Waals surface area contributed by atoms with Crippen LogP contribution in [0.1, 0.15) is 44.5 Å². The fraction of sp³-hybridized carbons (Fsp3) is 0.0294. The second-order valence-corrected chi connectivity index (χ2v) is 19.0. The molecule has 0 fully saturated rings. The van der Waals surface area contributed by atoms with Crippen LogP contribution >= 0.6 is 0 Å². The molecule has 0 atom stereocenters. The molecular formula is C68H43NO2. The van der Waals surface area contributed by atoms with Crippen LogP contribution in [0.2, 0.25) is 0 Å². The van der Waals surface area contributed by atoms with Gasteiger partial charge in [-0.2, -0.15) is 0 Å². The Morgan fingerprint density at radius 2 is 0.634 bits per heavy atom. The first-order valence-corrected chi connectivity index (χ1v) is 24.5. The Balaban J connectivity index is 0.903. The summed E-state index contributed by atoms with van der Waals surface area (Å²) in [5.41, 5.74) is 21.5. The highest BCUT2D eigenvalue weighted by atomic mass is 16.5. The first-order chi connectivity index (χ1) is 35.2. The van der Waals surface area contributed by atoms with E-state index in [0.29, 0.717) is 0 Å². The molecule has 2 heterocycles. The van der Waals surface area contributed by atoms with Gasteiger partial charge in [-0.25, -0.2) is 0 Å². The lowest BCUT2D eigenvalue weighted by atomic mass is 9.66. The summed E-state index contributed by atoms with van der Waals surface area (Å²) in [5, 5.41) is 0. The third-order valence-electron chi connectivity index (χ3n) is 15.6. The van der Waals surface area contributed by atoms with E-state index in [1.807, 2.05) is 0 Å². The zero-order valence-electron chi connectivity index (χ0n) is 38.6. The van der Waals surface area contributed by atoms with Crippen molar-refractivity contribution >= 4 is 17.1 Å². The predicted octanol–water partition coefficient (Wildman–Crippen LogP) is 17.4. The van der Waals surface area contributed by atoms with Crippen molar-refractivity contribution in [2.24, 2.45) is 0 Å². The highest BCUT2D eigenvalue weighted by Gasteiger charge is 2.53. The predicted molar refractivity (Wildman–Crippen MR) is 287 cm³/mol. The molecule has 2 spiro atoms. The molecular weight excluding hydrogens is 863 g/mol. The number of benzene rings is 11. The quantitative estimate of drug-likeness (QED) is 0.172. The van der Waals surface area contributed by atoms with E-state index in [2.05, 4.69) is 266 Å². The SMILES string of the molecule is c1ccc(-c2ccc(N(c3ccc(-c4ccc5c(c4)-c4ccccc4C54c5ccccc5Oc5ccccc54)cc3)c3cccc4c3-c3ccccc3C43c4ccccc4Oc4ccccc43)cc2)cc1. The van der Waals surface area contributed by atoms with Crippen molar-refractivity contribution < 1.29 is 9.47 Å². The highest BCUT2D eigenvalue weighted by molar-refractivity contribution is 5.99. The van der Waals surface area contributed by atoms with E-state index in [1.54, 1.807) is 0 Å². The van der Waals surface area contributed by atoms with Gasteiger partial charge in [0.2, 0.25) is 0 Å². The summed E-state index contributed by atoms with van der Waals surface area (Å²) in [5.74, 6) is 3.57. The van der Waals surface area contributed by atoms with Gasteiger partial charge in [-0.15, -0.1) is 0 Å². The van der Waals surface area contributed by atoms with E-state index in [9.17, 15) is 0 Å². The van der Waals surface area contributed by atoms with Gasteiger partial charge in [0.15, 0.2) is 0 Å². The number of hydrogen-bond donors (Lipinski definition) is 0. The summed E-state index contributed by atoms with van der Waals surface area (Å²) in [7, 11) is 0. The van der Waals surface area contributed by atoms with Gasteiger partial charge in [-0.3, -0.25) is 0 Å². The van der Waals surface area contributed by atoms with Gasteiger partial charge in [0.1, 0.15) is 23.0 Å². The Bertz CT molecular complexity index is 3860. The number of anilines is 3. The molecule has 0 bridgehead atoms. The molecule has 0 N–H and O–H groups in total. The van der Waals surface area contributed by atoms with Crippen LogP contribution in [0.5, 0.6) is 23.0 Å². The first kappa shape index (κ1) is 39.8. The summed E-state index contributed by atoms with van der Waals surface area (Å²) >= 11 is 0. The summed E-state index contributed by atoms with van der Waals surface area (Å²) in [6, 6.07) is 95.0. The largest absolute Gasteiger partial charge is 0.457 e. The summed E-state index contributed by atoms with van der Waals surface area (Å²) in [6.07, 6.45) is 0. The second kappa shape index (κ2) is 15.2. The van der Waals surface area contributed by atoms with Gasteiger partial charge in [0.05, 0.1) is 16.5 Å². The number of rotatable bonds is 5. The maximum Gasteiger partial charge on any atom is 0.132 e. The number of nitrogens with zero attached hydrogens (tertiary/aromatic N) is 1. The number of hydrogen-bond acceptors (Lipinski definition) is 3. The third-order valence-corrected chi connectivity index (χ3v) is 15.6. The monoisotopic (exact) mass is 905 g/mol. The molecule has 3 heteroatoms. The van der Waals surface area contributed by atoms with Crippen LogP contribution in [0.4, 0.5) is 17.1 Å². The summed E-state index contributed by atoms with van der Waals surface area (Å²) < 4.78 is 13.3. The van der Waals surface area contributed by atoms with Crippen molar-refractivity contribution in [3.63, 3.8) is 0 Å². The smallest absolute Gasteiger partial charge is 0.132 e. The second-order valence-electron chi connectivity index (χ2n) is 19.0. The molecule has 0 amide bonds. The number of para-hydroxylation sites is 4. The van der Waals surface area contributed by atoms with Crippen LogP contribution in [0.3, 0.4) is 0 Å². The average Bonchev–Trinajstić information content (AvgIpc) is 3.90. The van der Waals surface area contributed by atoms with Crippen LogP contribution in [0, 0.1) is 0 Å². The highest BCUT2D eigenvalue weighted by Crippen LogP contribution is 2.65. The Morgan fingerprint density at radius 1 is 0.254 bits per heavy atom. The van der Waals surface area contributed by atoms with Gasteiger partial charge >= 0.3 is 0 Å². The molecule has 0 aromatic heterocycles. The van der Waals surface area contributed by atoms with E-state index >= 15 is 0 Å². The van der Waals surface area contributed by atoms with Crippen molar-refractivity contribution in [1.82, 2.24) is 0 Å². The van der Waals surface area contributed by atoms with E-state index < -0.39 is 10.8 Å². The molecule has 11 aromatic carbocycles. The first-order valence-electron chi connectivity index (χ1n) is 24.5. The standard InChI is InChI=1S/C68H43NO2/c1-2-17-44(18-3-1)45-33-38-48(39-34-45)69(61-28-16-27-60-66(61)51-20-5-7-22-54(51)68(60)58-25-10-14-31-64(58)71-65-32-15-11-26-59(65)68)49-40-35-46(36-41-49)47-37-42-55-52(43-47)50-19-4-6-21-53(50)67(55)56-23-8-12-29-62(56)70-63-30-13-9-24-57(63)67/h1-43H. The maximum atomic E-state index is 6.69. The molecule has 0 radical (unpaired) electrons. The molecule has 2 aliphatic heterocycles. The Labute approximate surface area is 413 Å². The molecule has 3 nitrogen and oxygen atoms in total. The van der Waals surface area contributed by atoms with Gasteiger partial charge < -0.3 is 14.4 Å². The van der Waals surface area contributed by atoms with Crippen molar-refractivity contribution in [2.75, 3.05) is 4.90 Å². The van der Waals surface area contributed by atoms with Crippen LogP contribution in [-0.4, -0.2) is 0 Å². The normalized spacial score (nSPS) is 14.1. The summed E-state index contributed by atoms with van der Waals surface area (Å²) in [6.45, 7) is 0. The van der Waals surface area contributed by atoms with Gasteiger partial charge in [-0.05, 0) is 122 Å². The molecule has 11 aromatic rings. The molecule has 0 saturated carbocycles. The zero-order valence-corrected chi connectivity index (χ0v) is 38.6. The summed E-state index contributed by atoms with van der Waals surface area (Å²) in [4.78, 5) is 2.45. The van der Waals surface area contributed by atoms with Crippen LogP contribution in [-0.2, 0) is 10.8 Å². The fourth-order valence-electron chi connectivity index (χ4n) is 12.8. The third kappa shape index (κ3) is 5.49. The topological polar surface area (TPSA) is 21.7 Å². The minimum atomic E-state index is -0.584. The molecule has 15 rings (SSSR count). The molecule has 0 unspecified atom stereocenters. The maximum absolute atomic E-state index is 6.69. The minimum absolute atomic E-state index is 0.502. The lowest BCUT2D eigenvalue weighted by molar-refractivity contribution is 0.436. The van der Waals surface area contributed by atoms with Crippen molar-refractivity contribution in [1.29, 1.82) is 0 Å². The van der Waals surface area contributed by atoms with Crippen molar-refractivity contribution in [3.05, 3.63) is 305 Å².